The molecule has 1 N–H and O–H groups in total. The van der Waals surface area contributed by atoms with E-state index in [4.69, 9.17) is 4.74 Å². The summed E-state index contributed by atoms with van der Waals surface area (Å²) in [6.07, 6.45) is 3.86. The number of hydrogen-bond donors (Lipinski definition) is 1. The summed E-state index contributed by atoms with van der Waals surface area (Å²) >= 11 is 0. The first-order valence-corrected chi connectivity index (χ1v) is 10.8. The van der Waals surface area contributed by atoms with E-state index >= 15 is 0 Å². The Labute approximate surface area is 179 Å². The fourth-order valence-electron chi connectivity index (χ4n) is 4.04. The summed E-state index contributed by atoms with van der Waals surface area (Å²) < 4.78 is 5.22. The second-order valence-electron chi connectivity index (χ2n) is 8.18. The van der Waals surface area contributed by atoms with E-state index in [1.807, 2.05) is 54.3 Å². The van der Waals surface area contributed by atoms with E-state index in [-0.39, 0.29) is 11.8 Å². The molecular formula is C25H32N2O3. The van der Waals surface area contributed by atoms with Crippen molar-refractivity contribution in [3.8, 4) is 5.75 Å². The Morgan fingerprint density at radius 1 is 1.13 bits per heavy atom. The van der Waals surface area contributed by atoms with Crippen LogP contribution in [0.3, 0.4) is 0 Å². The van der Waals surface area contributed by atoms with Crippen LogP contribution in [0, 0.1) is 12.8 Å². The Bertz CT molecular complexity index is 865. The van der Waals surface area contributed by atoms with E-state index in [1.165, 1.54) is 5.56 Å². The van der Waals surface area contributed by atoms with E-state index < -0.39 is 0 Å². The summed E-state index contributed by atoms with van der Waals surface area (Å²) in [5.74, 6) is 1.43. The summed E-state index contributed by atoms with van der Waals surface area (Å²) in [5.41, 5.74) is 3.27. The molecule has 5 heteroatoms. The third kappa shape index (κ3) is 6.61. The Balaban J connectivity index is 1.41. The van der Waals surface area contributed by atoms with E-state index in [2.05, 4.69) is 11.4 Å². The van der Waals surface area contributed by atoms with Gasteiger partial charge in [-0.1, -0.05) is 42.0 Å². The van der Waals surface area contributed by atoms with Crippen LogP contribution in [0.1, 0.15) is 42.4 Å². The smallest absolute Gasteiger partial charge is 0.226 e. The zero-order valence-electron chi connectivity index (χ0n) is 18.0. The molecule has 1 atom stereocenters. The van der Waals surface area contributed by atoms with Crippen LogP contribution in [0.2, 0.25) is 0 Å². The van der Waals surface area contributed by atoms with Gasteiger partial charge in [0.15, 0.2) is 0 Å². The molecule has 1 fully saturated rings. The van der Waals surface area contributed by atoms with E-state index in [1.54, 1.807) is 7.11 Å². The van der Waals surface area contributed by atoms with Crippen LogP contribution < -0.4 is 10.1 Å². The number of rotatable bonds is 8. The highest BCUT2D eigenvalue weighted by Crippen LogP contribution is 2.22. The molecule has 0 bridgehead atoms. The van der Waals surface area contributed by atoms with Gasteiger partial charge in [0, 0.05) is 26.1 Å². The largest absolute Gasteiger partial charge is 0.497 e. The van der Waals surface area contributed by atoms with Crippen molar-refractivity contribution in [2.24, 2.45) is 5.92 Å². The number of carbonyl (C=O) groups excluding carboxylic acids is 2. The zero-order valence-corrected chi connectivity index (χ0v) is 18.0. The maximum Gasteiger partial charge on any atom is 0.226 e. The molecule has 1 unspecified atom stereocenters. The average molecular weight is 409 g/mol. The first-order chi connectivity index (χ1) is 14.5. The Morgan fingerprint density at radius 3 is 2.73 bits per heavy atom. The summed E-state index contributed by atoms with van der Waals surface area (Å²) in [5, 5.41) is 2.99. The Kier molecular flexibility index (Phi) is 7.89. The van der Waals surface area contributed by atoms with Crippen molar-refractivity contribution in [2.45, 2.75) is 45.6 Å². The second kappa shape index (κ2) is 10.8. The first-order valence-electron chi connectivity index (χ1n) is 10.8. The predicted molar refractivity (Wildman–Crippen MR) is 118 cm³/mol. The predicted octanol–water partition coefficient (Wildman–Crippen LogP) is 3.88. The van der Waals surface area contributed by atoms with Crippen molar-refractivity contribution in [1.82, 2.24) is 10.2 Å². The van der Waals surface area contributed by atoms with E-state index in [0.29, 0.717) is 25.3 Å². The number of aryl methyl sites for hydroxylation is 1. The quantitative estimate of drug-likeness (QED) is 0.721. The lowest BCUT2D eigenvalue weighted by atomic mass is 9.92. The van der Waals surface area contributed by atoms with Crippen LogP contribution >= 0.6 is 0 Å². The third-order valence-electron chi connectivity index (χ3n) is 5.71. The number of methoxy groups -OCH3 is 1. The molecule has 0 aromatic heterocycles. The minimum atomic E-state index is 0.0565. The summed E-state index contributed by atoms with van der Waals surface area (Å²) in [6, 6.07) is 15.8. The molecule has 0 spiro atoms. The monoisotopic (exact) mass is 408 g/mol. The minimum absolute atomic E-state index is 0.0565. The van der Waals surface area contributed by atoms with Gasteiger partial charge in [0.2, 0.25) is 11.8 Å². The fraction of sp³-hybridized carbons (Fsp3) is 0.440. The molecule has 2 aromatic carbocycles. The lowest BCUT2D eigenvalue weighted by molar-refractivity contribution is -0.132. The molecule has 3 rings (SSSR count). The van der Waals surface area contributed by atoms with Crippen LogP contribution in [0.25, 0.3) is 0 Å². The van der Waals surface area contributed by atoms with Gasteiger partial charge in [0.25, 0.3) is 0 Å². The standard InChI is InChI=1S/C25H32N2O3/c1-19-6-3-7-21(14-19)16-25(29)27-13-5-9-20(18-27)11-12-24(28)26-17-22-8-4-10-23(15-22)30-2/h3-4,6-8,10,14-15,20H,5,9,11-13,16-18H2,1-2H3,(H,26,28). The van der Waals surface area contributed by atoms with Crippen LogP contribution in [-0.2, 0) is 22.6 Å². The number of amides is 2. The van der Waals surface area contributed by atoms with Gasteiger partial charge in [-0.15, -0.1) is 0 Å². The molecule has 30 heavy (non-hydrogen) atoms. The maximum atomic E-state index is 12.7. The topological polar surface area (TPSA) is 58.6 Å². The molecule has 0 aliphatic carbocycles. The number of nitrogens with zero attached hydrogens (tertiary/aromatic N) is 1. The summed E-state index contributed by atoms with van der Waals surface area (Å²) in [4.78, 5) is 27.0. The number of piperidine rings is 1. The fourth-order valence-corrected chi connectivity index (χ4v) is 4.04. The molecule has 0 saturated carbocycles. The molecule has 1 saturated heterocycles. The van der Waals surface area contributed by atoms with Gasteiger partial charge in [-0.05, 0) is 55.4 Å². The Morgan fingerprint density at radius 2 is 1.93 bits per heavy atom. The van der Waals surface area contributed by atoms with Gasteiger partial charge in [-0.25, -0.2) is 0 Å². The summed E-state index contributed by atoms with van der Waals surface area (Å²) in [7, 11) is 1.64. The lowest BCUT2D eigenvalue weighted by Gasteiger charge is -2.33. The molecule has 2 aromatic rings. The van der Waals surface area contributed by atoms with Gasteiger partial charge >= 0.3 is 0 Å². The lowest BCUT2D eigenvalue weighted by Crippen LogP contribution is -2.41. The van der Waals surface area contributed by atoms with Crippen molar-refractivity contribution in [3.63, 3.8) is 0 Å². The van der Waals surface area contributed by atoms with Gasteiger partial charge < -0.3 is 15.0 Å². The minimum Gasteiger partial charge on any atom is -0.497 e. The Hall–Kier alpha value is -2.82. The highest BCUT2D eigenvalue weighted by atomic mass is 16.5. The number of hydrogen-bond acceptors (Lipinski definition) is 3. The van der Waals surface area contributed by atoms with E-state index in [0.717, 1.165) is 49.2 Å². The average Bonchev–Trinajstić information content (AvgIpc) is 2.76. The number of nitrogens with one attached hydrogen (secondary N) is 1. The maximum absolute atomic E-state index is 12.7. The van der Waals surface area contributed by atoms with Gasteiger partial charge in [0.1, 0.15) is 5.75 Å². The van der Waals surface area contributed by atoms with Gasteiger partial charge in [-0.2, -0.15) is 0 Å². The molecule has 2 amide bonds. The van der Waals surface area contributed by atoms with Crippen molar-refractivity contribution in [3.05, 3.63) is 65.2 Å². The van der Waals surface area contributed by atoms with Crippen LogP contribution in [0.15, 0.2) is 48.5 Å². The first kappa shape index (κ1) is 21.9. The SMILES string of the molecule is COc1cccc(CNC(=O)CCC2CCCN(C(=O)Cc3cccc(C)c3)C2)c1. The molecule has 160 valence electrons. The summed E-state index contributed by atoms with van der Waals surface area (Å²) in [6.45, 7) is 4.13. The van der Waals surface area contributed by atoms with Crippen molar-refractivity contribution < 1.29 is 14.3 Å². The molecule has 1 aliphatic rings. The number of ether oxygens (including phenoxy) is 1. The van der Waals surface area contributed by atoms with Crippen molar-refractivity contribution in [1.29, 1.82) is 0 Å². The second-order valence-corrected chi connectivity index (χ2v) is 8.18. The molecule has 1 heterocycles. The van der Waals surface area contributed by atoms with Crippen molar-refractivity contribution >= 4 is 11.8 Å². The molecular weight excluding hydrogens is 376 g/mol. The van der Waals surface area contributed by atoms with Crippen molar-refractivity contribution in [2.75, 3.05) is 20.2 Å². The third-order valence-corrected chi connectivity index (χ3v) is 5.71. The van der Waals surface area contributed by atoms with Gasteiger partial charge in [0.05, 0.1) is 13.5 Å². The zero-order chi connectivity index (χ0) is 21.3. The number of likely N-dealkylation sites (tertiary alicyclic amines) is 1. The number of benzene rings is 2. The van der Waals surface area contributed by atoms with Crippen LogP contribution in [0.5, 0.6) is 5.75 Å². The molecule has 5 nitrogen and oxygen atoms in total. The molecule has 1 aliphatic heterocycles. The van der Waals surface area contributed by atoms with Crippen LogP contribution in [-0.4, -0.2) is 36.9 Å². The van der Waals surface area contributed by atoms with Crippen LogP contribution in [0.4, 0.5) is 0 Å². The normalized spacial score (nSPS) is 16.2. The van der Waals surface area contributed by atoms with E-state index in [9.17, 15) is 9.59 Å². The van der Waals surface area contributed by atoms with Gasteiger partial charge in [-0.3, -0.25) is 9.59 Å². The molecule has 0 radical (unpaired) electrons. The highest BCUT2D eigenvalue weighted by molar-refractivity contribution is 5.79. The number of carbonyl (C=O) groups is 2. The highest BCUT2D eigenvalue weighted by Gasteiger charge is 2.24.